The Morgan fingerprint density at radius 2 is 1.62 bits per heavy atom. The fourth-order valence-corrected chi connectivity index (χ4v) is 3.06. The summed E-state index contributed by atoms with van der Waals surface area (Å²) in [4.78, 5) is 3.40. The molecule has 0 radical (unpaired) electrons. The fourth-order valence-electron chi connectivity index (χ4n) is 1.82. The fraction of sp³-hybridized carbons (Fsp3) is 0.125. The van der Waals surface area contributed by atoms with Crippen molar-refractivity contribution in [3.63, 3.8) is 0 Å². The van der Waals surface area contributed by atoms with Crippen molar-refractivity contribution in [2.75, 3.05) is 0 Å². The Balaban J connectivity index is 0.00000220. The number of hydrogen-bond donors (Lipinski definition) is 0. The minimum Gasteiger partial charge on any atom is -0.442 e. The summed E-state index contributed by atoms with van der Waals surface area (Å²) in [6, 6.07) is 15.7. The van der Waals surface area contributed by atoms with E-state index in [1.54, 1.807) is 24.3 Å². The van der Waals surface area contributed by atoms with Crippen LogP contribution in [-0.2, 0) is 16.3 Å². The molecule has 0 bridgehead atoms. The molecule has 2 aromatic carbocycles. The van der Waals surface area contributed by atoms with Crippen LogP contribution in [0.4, 0.5) is 0 Å². The summed E-state index contributed by atoms with van der Waals surface area (Å²) in [7, 11) is -3.70. The Hall–Kier alpha value is -1.65. The Kier molecular flexibility index (Phi) is 6.12. The quantitative estimate of drug-likeness (QED) is 0.605. The van der Waals surface area contributed by atoms with Crippen LogP contribution in [0.15, 0.2) is 59.5 Å². The molecule has 0 amide bonds. The SMILES string of the molecule is [C-]#[N+][C-](Cc1ccccc1)S(=O)(=O)c1ccc(C)cc1.[Li+]. The van der Waals surface area contributed by atoms with Crippen molar-refractivity contribution in [3.8, 4) is 0 Å². The zero-order valence-electron chi connectivity index (χ0n) is 12.1. The number of benzene rings is 2. The van der Waals surface area contributed by atoms with Crippen LogP contribution < -0.4 is 18.9 Å². The van der Waals surface area contributed by atoms with Gasteiger partial charge in [-0.1, -0.05) is 60.0 Å². The van der Waals surface area contributed by atoms with E-state index < -0.39 is 9.84 Å². The van der Waals surface area contributed by atoms with Crippen LogP contribution in [0.2, 0.25) is 0 Å². The van der Waals surface area contributed by atoms with Gasteiger partial charge in [-0.05, 0) is 19.1 Å². The monoisotopic (exact) mass is 291 g/mol. The minimum absolute atomic E-state index is 0. The first kappa shape index (κ1) is 17.4. The van der Waals surface area contributed by atoms with Crippen LogP contribution in [0.1, 0.15) is 11.1 Å². The predicted octanol–water partition coefficient (Wildman–Crippen LogP) is 0.424. The van der Waals surface area contributed by atoms with Gasteiger partial charge in [0.15, 0.2) is 0 Å². The maximum Gasteiger partial charge on any atom is 1.00 e. The molecule has 0 aliphatic heterocycles. The third kappa shape index (κ3) is 4.16. The smallest absolute Gasteiger partial charge is 0.442 e. The minimum atomic E-state index is -3.70. The van der Waals surface area contributed by atoms with Crippen molar-refractivity contribution in [3.05, 3.63) is 82.5 Å². The van der Waals surface area contributed by atoms with Crippen LogP contribution in [0.3, 0.4) is 0 Å². The Bertz CT molecular complexity index is 719. The second kappa shape index (κ2) is 7.38. The largest absolute Gasteiger partial charge is 1.00 e. The first-order valence-corrected chi connectivity index (χ1v) is 7.61. The summed E-state index contributed by atoms with van der Waals surface area (Å²) < 4.78 is 24.9. The number of sulfone groups is 1. The van der Waals surface area contributed by atoms with Gasteiger partial charge in [0.2, 0.25) is 0 Å². The molecule has 102 valence electrons. The first-order chi connectivity index (χ1) is 9.54. The van der Waals surface area contributed by atoms with Crippen LogP contribution in [0.25, 0.3) is 4.85 Å². The third-order valence-electron chi connectivity index (χ3n) is 2.96. The molecular weight excluding hydrogens is 277 g/mol. The molecule has 0 saturated carbocycles. The molecule has 0 aromatic heterocycles. The molecule has 0 unspecified atom stereocenters. The van der Waals surface area contributed by atoms with Gasteiger partial charge in [0.05, 0.1) is 5.37 Å². The van der Waals surface area contributed by atoms with E-state index in [4.69, 9.17) is 6.57 Å². The maximum atomic E-state index is 12.4. The second-order valence-corrected chi connectivity index (χ2v) is 6.43. The summed E-state index contributed by atoms with van der Waals surface area (Å²) in [5.74, 6) is 0. The zero-order chi connectivity index (χ0) is 14.6. The number of nitrogens with zero attached hydrogens (tertiary/aromatic N) is 1. The van der Waals surface area contributed by atoms with Gasteiger partial charge in [-0.25, -0.2) is 8.42 Å². The molecule has 0 N–H and O–H groups in total. The van der Waals surface area contributed by atoms with E-state index in [1.807, 2.05) is 37.3 Å². The molecule has 0 atom stereocenters. The van der Waals surface area contributed by atoms with Crippen molar-refractivity contribution in [1.82, 2.24) is 0 Å². The summed E-state index contributed by atoms with van der Waals surface area (Å²) in [5.41, 5.74) is 1.80. The van der Waals surface area contributed by atoms with E-state index in [0.717, 1.165) is 11.1 Å². The summed E-state index contributed by atoms with van der Waals surface area (Å²) in [6.45, 7) is 9.05. The van der Waals surface area contributed by atoms with Crippen molar-refractivity contribution in [1.29, 1.82) is 0 Å². The first-order valence-electron chi connectivity index (χ1n) is 6.13. The number of aryl methyl sites for hydroxylation is 1. The van der Waals surface area contributed by atoms with E-state index in [0.29, 0.717) is 0 Å². The number of rotatable bonds is 4. The third-order valence-corrected chi connectivity index (χ3v) is 4.71. The van der Waals surface area contributed by atoms with Crippen molar-refractivity contribution < 1.29 is 27.3 Å². The van der Waals surface area contributed by atoms with E-state index in [1.165, 1.54) is 0 Å². The molecule has 5 heteroatoms. The normalized spacial score (nSPS) is 10.3. The van der Waals surface area contributed by atoms with E-state index >= 15 is 0 Å². The molecule has 2 aromatic rings. The maximum absolute atomic E-state index is 12.4. The van der Waals surface area contributed by atoms with Gasteiger partial charge in [-0.15, -0.1) is 0 Å². The van der Waals surface area contributed by atoms with Crippen molar-refractivity contribution in [2.45, 2.75) is 18.2 Å². The van der Waals surface area contributed by atoms with Crippen LogP contribution in [0, 0.1) is 18.9 Å². The van der Waals surface area contributed by atoms with Gasteiger partial charge in [-0.3, -0.25) is 6.57 Å². The van der Waals surface area contributed by atoms with Crippen molar-refractivity contribution in [2.24, 2.45) is 0 Å². The van der Waals surface area contributed by atoms with E-state index in [9.17, 15) is 8.42 Å². The topological polar surface area (TPSA) is 38.5 Å². The molecule has 21 heavy (non-hydrogen) atoms. The number of hydrogen-bond acceptors (Lipinski definition) is 2. The van der Waals surface area contributed by atoms with Gasteiger partial charge < -0.3 is 4.85 Å². The van der Waals surface area contributed by atoms with Crippen LogP contribution >= 0.6 is 0 Å². The molecule has 0 heterocycles. The zero-order valence-corrected chi connectivity index (χ0v) is 12.9. The van der Waals surface area contributed by atoms with E-state index in [2.05, 4.69) is 4.85 Å². The molecule has 0 saturated heterocycles. The Morgan fingerprint density at radius 1 is 1.05 bits per heavy atom. The van der Waals surface area contributed by atoms with Crippen LogP contribution in [0.5, 0.6) is 0 Å². The van der Waals surface area contributed by atoms with Crippen molar-refractivity contribution >= 4 is 9.84 Å². The average Bonchev–Trinajstić information content (AvgIpc) is 2.46. The van der Waals surface area contributed by atoms with Gasteiger partial charge in [0.25, 0.3) is 0 Å². The molecule has 2 rings (SSSR count). The van der Waals surface area contributed by atoms with Gasteiger partial charge >= 0.3 is 18.9 Å². The van der Waals surface area contributed by atoms with E-state index in [-0.39, 0.29) is 35.6 Å². The molecule has 0 fully saturated rings. The van der Waals surface area contributed by atoms with Crippen LogP contribution in [-0.4, -0.2) is 8.42 Å². The van der Waals surface area contributed by atoms with Gasteiger partial charge in [0, 0.05) is 4.90 Å². The molecule has 0 spiro atoms. The Morgan fingerprint density at radius 3 is 2.14 bits per heavy atom. The summed E-state index contributed by atoms with van der Waals surface area (Å²) >= 11 is 0. The molecule has 3 nitrogen and oxygen atoms in total. The predicted molar refractivity (Wildman–Crippen MR) is 78.4 cm³/mol. The van der Waals surface area contributed by atoms with Gasteiger partial charge in [-0.2, -0.15) is 0 Å². The Labute approximate surface area is 137 Å². The van der Waals surface area contributed by atoms with Gasteiger partial charge in [0.1, 0.15) is 9.84 Å². The molecule has 0 aliphatic rings. The average molecular weight is 291 g/mol. The standard InChI is InChI=1S/C16H14NO2S.Li/c1-13-8-10-15(11-9-13)20(18,19)16(17-2)12-14-6-4-3-5-7-14;/h3-11H,12H2,1H3;/q-1;+1. The molecular formula is C16H14LiNO2S. The summed E-state index contributed by atoms with van der Waals surface area (Å²) in [6.07, 6.45) is 0.126. The second-order valence-electron chi connectivity index (χ2n) is 4.48. The molecule has 0 aliphatic carbocycles. The summed E-state index contributed by atoms with van der Waals surface area (Å²) in [5, 5.41) is -0.146.